The lowest BCUT2D eigenvalue weighted by Crippen LogP contribution is -2.17. The van der Waals surface area contributed by atoms with Crippen molar-refractivity contribution in [3.05, 3.63) is 41.6 Å². The Labute approximate surface area is 132 Å². The van der Waals surface area contributed by atoms with Gasteiger partial charge in [-0.25, -0.2) is 4.98 Å². The van der Waals surface area contributed by atoms with Crippen LogP contribution in [0.25, 0.3) is 22.7 Å². The molecule has 0 saturated carbocycles. The minimum absolute atomic E-state index is 0.0625. The lowest BCUT2D eigenvalue weighted by molar-refractivity contribution is -0.118. The van der Waals surface area contributed by atoms with Crippen molar-refractivity contribution in [3.8, 4) is 11.5 Å². The molecule has 0 aliphatic heterocycles. The van der Waals surface area contributed by atoms with Crippen molar-refractivity contribution in [3.63, 3.8) is 0 Å². The van der Waals surface area contributed by atoms with Crippen molar-refractivity contribution in [1.29, 1.82) is 0 Å². The van der Waals surface area contributed by atoms with E-state index in [1.807, 2.05) is 13.8 Å². The van der Waals surface area contributed by atoms with Gasteiger partial charge in [0, 0.05) is 17.8 Å². The Balaban J connectivity index is 2.00. The molecule has 2 aromatic heterocycles. The number of hydrogen-bond acceptors (Lipinski definition) is 4. The van der Waals surface area contributed by atoms with E-state index >= 15 is 0 Å². The summed E-state index contributed by atoms with van der Waals surface area (Å²) in [6, 6.07) is 8.75. The zero-order valence-electron chi connectivity index (χ0n) is 12.1. The predicted molar refractivity (Wildman–Crippen MR) is 85.7 cm³/mol. The molecule has 6 heteroatoms. The van der Waals surface area contributed by atoms with Gasteiger partial charge in [0.25, 0.3) is 0 Å². The molecule has 0 aliphatic carbocycles. The van der Waals surface area contributed by atoms with Crippen molar-refractivity contribution in [1.82, 2.24) is 9.97 Å². The third-order valence-electron chi connectivity index (χ3n) is 3.15. The second-order valence-corrected chi connectivity index (χ2v) is 5.59. The lowest BCUT2D eigenvalue weighted by atomic mass is 10.1. The molecular weight excluding hydrogens is 302 g/mol. The van der Waals surface area contributed by atoms with Crippen LogP contribution in [0.5, 0.6) is 0 Å². The van der Waals surface area contributed by atoms with E-state index in [4.69, 9.17) is 16.0 Å². The first-order valence-corrected chi connectivity index (χ1v) is 7.25. The lowest BCUT2D eigenvalue weighted by Gasteiger charge is -2.09. The van der Waals surface area contributed by atoms with E-state index in [1.165, 1.54) is 0 Å². The predicted octanol–water partition coefficient (Wildman–Crippen LogP) is 4.14. The van der Waals surface area contributed by atoms with Crippen molar-refractivity contribution < 1.29 is 9.21 Å². The average Bonchev–Trinajstić information content (AvgIpc) is 2.92. The van der Waals surface area contributed by atoms with Gasteiger partial charge in [-0.15, -0.1) is 0 Å². The van der Waals surface area contributed by atoms with Crippen LogP contribution in [0.15, 0.2) is 40.9 Å². The Hall–Kier alpha value is -2.40. The van der Waals surface area contributed by atoms with Crippen LogP contribution < -0.4 is 5.32 Å². The summed E-state index contributed by atoms with van der Waals surface area (Å²) < 4.78 is 5.67. The number of benzene rings is 1. The van der Waals surface area contributed by atoms with Crippen molar-refractivity contribution in [2.24, 2.45) is 5.92 Å². The molecule has 3 aromatic rings. The van der Waals surface area contributed by atoms with E-state index in [1.54, 1.807) is 36.5 Å². The summed E-state index contributed by atoms with van der Waals surface area (Å²) in [5.41, 5.74) is 2.37. The van der Waals surface area contributed by atoms with Crippen LogP contribution in [0.3, 0.4) is 0 Å². The first-order valence-electron chi connectivity index (χ1n) is 6.87. The molecule has 3 rings (SSSR count). The van der Waals surface area contributed by atoms with Gasteiger partial charge in [-0.1, -0.05) is 25.4 Å². The molecule has 0 bridgehead atoms. The summed E-state index contributed by atoms with van der Waals surface area (Å²) in [5.74, 6) is 0.208. The number of hydrogen-bond donors (Lipinski definition) is 1. The number of pyridine rings is 1. The summed E-state index contributed by atoms with van der Waals surface area (Å²) in [4.78, 5) is 20.3. The molecule has 0 saturated heterocycles. The van der Waals surface area contributed by atoms with E-state index < -0.39 is 0 Å². The molecular formula is C16H14ClN3O2. The summed E-state index contributed by atoms with van der Waals surface area (Å²) >= 11 is 6.22. The van der Waals surface area contributed by atoms with Gasteiger partial charge in [0.15, 0.2) is 11.2 Å². The van der Waals surface area contributed by atoms with Gasteiger partial charge in [0.2, 0.25) is 11.8 Å². The van der Waals surface area contributed by atoms with Crippen LogP contribution in [-0.4, -0.2) is 15.9 Å². The van der Waals surface area contributed by atoms with Crippen LogP contribution in [0.2, 0.25) is 5.02 Å². The van der Waals surface area contributed by atoms with E-state index in [9.17, 15) is 4.79 Å². The molecule has 2 heterocycles. The standard InChI is InChI=1S/C16H14ClN3O2/c1-9(2)15(21)19-10-5-6-12(17)11(8-10)16-20-14-13(22-16)4-3-7-18-14/h3-9H,1-2H3,(H,19,21). The topological polar surface area (TPSA) is 68.0 Å². The molecule has 0 atom stereocenters. The molecule has 1 amide bonds. The third kappa shape index (κ3) is 2.80. The van der Waals surface area contributed by atoms with Gasteiger partial charge in [-0.3, -0.25) is 4.79 Å². The maximum Gasteiger partial charge on any atom is 0.230 e. The van der Waals surface area contributed by atoms with Crippen molar-refractivity contribution >= 4 is 34.4 Å². The fourth-order valence-corrected chi connectivity index (χ4v) is 2.14. The molecule has 5 nitrogen and oxygen atoms in total. The Morgan fingerprint density at radius 3 is 2.86 bits per heavy atom. The summed E-state index contributed by atoms with van der Waals surface area (Å²) in [5, 5.41) is 3.32. The minimum Gasteiger partial charge on any atom is -0.434 e. The molecule has 0 unspecified atom stereocenters. The number of carbonyl (C=O) groups is 1. The zero-order valence-corrected chi connectivity index (χ0v) is 12.9. The number of oxazole rings is 1. The minimum atomic E-state index is -0.104. The molecule has 112 valence electrons. The largest absolute Gasteiger partial charge is 0.434 e. The van der Waals surface area contributed by atoms with E-state index in [0.717, 1.165) is 0 Å². The van der Waals surface area contributed by atoms with Gasteiger partial charge in [-0.05, 0) is 30.3 Å². The highest BCUT2D eigenvalue weighted by molar-refractivity contribution is 6.33. The molecule has 0 aliphatic rings. The highest BCUT2D eigenvalue weighted by Gasteiger charge is 2.14. The summed E-state index contributed by atoms with van der Waals surface area (Å²) in [7, 11) is 0. The number of amides is 1. The SMILES string of the molecule is CC(C)C(=O)Nc1ccc(Cl)c(-c2nc3ncccc3o2)c1. The van der Waals surface area contributed by atoms with Crippen LogP contribution in [-0.2, 0) is 4.79 Å². The number of fused-ring (bicyclic) bond motifs is 1. The Kier molecular flexibility index (Phi) is 3.81. The van der Waals surface area contributed by atoms with Crippen molar-refractivity contribution in [2.75, 3.05) is 5.32 Å². The number of aromatic nitrogens is 2. The first-order chi connectivity index (χ1) is 10.5. The van der Waals surface area contributed by atoms with Gasteiger partial charge >= 0.3 is 0 Å². The summed E-state index contributed by atoms with van der Waals surface area (Å²) in [6.45, 7) is 3.66. The first kappa shape index (κ1) is 14.5. The highest BCUT2D eigenvalue weighted by atomic mass is 35.5. The maximum absolute atomic E-state index is 11.8. The fourth-order valence-electron chi connectivity index (χ4n) is 1.94. The fraction of sp³-hybridized carbons (Fsp3) is 0.188. The average molecular weight is 316 g/mol. The number of rotatable bonds is 3. The number of carbonyl (C=O) groups excluding carboxylic acids is 1. The van der Waals surface area contributed by atoms with Gasteiger partial charge in [0.1, 0.15) is 0 Å². The normalized spacial score (nSPS) is 11.1. The van der Waals surface area contributed by atoms with Gasteiger partial charge in [-0.2, -0.15) is 4.98 Å². The quantitative estimate of drug-likeness (QED) is 0.788. The summed E-state index contributed by atoms with van der Waals surface area (Å²) in [6.07, 6.45) is 1.65. The maximum atomic E-state index is 11.8. The Morgan fingerprint density at radius 2 is 2.14 bits per heavy atom. The zero-order chi connectivity index (χ0) is 15.7. The molecule has 0 fully saturated rings. The molecule has 0 radical (unpaired) electrons. The van der Waals surface area contributed by atoms with Gasteiger partial charge < -0.3 is 9.73 Å². The number of halogens is 1. The highest BCUT2D eigenvalue weighted by Crippen LogP contribution is 2.31. The second kappa shape index (κ2) is 5.77. The monoisotopic (exact) mass is 315 g/mol. The van der Waals surface area contributed by atoms with E-state index in [-0.39, 0.29) is 11.8 Å². The van der Waals surface area contributed by atoms with E-state index in [2.05, 4.69) is 15.3 Å². The van der Waals surface area contributed by atoms with Crippen molar-refractivity contribution in [2.45, 2.75) is 13.8 Å². The second-order valence-electron chi connectivity index (χ2n) is 5.18. The molecule has 22 heavy (non-hydrogen) atoms. The van der Waals surface area contributed by atoms with Crippen LogP contribution in [0, 0.1) is 5.92 Å². The number of anilines is 1. The van der Waals surface area contributed by atoms with Crippen LogP contribution >= 0.6 is 11.6 Å². The smallest absolute Gasteiger partial charge is 0.230 e. The number of nitrogens with zero attached hydrogens (tertiary/aromatic N) is 2. The third-order valence-corrected chi connectivity index (χ3v) is 3.48. The molecule has 0 spiro atoms. The Morgan fingerprint density at radius 1 is 1.32 bits per heavy atom. The van der Waals surface area contributed by atoms with Crippen LogP contribution in [0.4, 0.5) is 5.69 Å². The molecule has 1 aromatic carbocycles. The van der Waals surface area contributed by atoms with Gasteiger partial charge in [0.05, 0.1) is 10.6 Å². The van der Waals surface area contributed by atoms with Crippen LogP contribution in [0.1, 0.15) is 13.8 Å². The Bertz CT molecular complexity index is 809. The number of nitrogens with one attached hydrogen (secondary N) is 1. The van der Waals surface area contributed by atoms with E-state index in [0.29, 0.717) is 33.4 Å². The molecule has 1 N–H and O–H groups in total.